The zero-order valence-corrected chi connectivity index (χ0v) is 42.4. The van der Waals surface area contributed by atoms with Crippen LogP contribution in [0.2, 0.25) is 0 Å². The molecule has 0 bridgehead atoms. The molecule has 24 heteroatoms. The number of rotatable bonds is 11. The average molecular weight is 1070 g/mol. The molecule has 24 nitrogen and oxygen atoms in total. The highest BCUT2D eigenvalue weighted by Gasteiger charge is 2.71. The van der Waals surface area contributed by atoms with E-state index in [1.807, 2.05) is 0 Å². The molecule has 426 valence electrons. The third-order valence-corrected chi connectivity index (χ3v) is 20.1. The van der Waals surface area contributed by atoms with Crippen LogP contribution in [0.25, 0.3) is 0 Å². The van der Waals surface area contributed by atoms with Gasteiger partial charge in [-0.15, -0.1) is 0 Å². The van der Waals surface area contributed by atoms with Gasteiger partial charge < -0.3 is 119 Å². The summed E-state index contributed by atoms with van der Waals surface area (Å²) in [6, 6.07) is 0. The van der Waals surface area contributed by atoms with Crippen LogP contribution < -0.4 is 0 Å². The van der Waals surface area contributed by atoms with Gasteiger partial charge in [-0.1, -0.05) is 27.7 Å². The Morgan fingerprint density at radius 3 is 1.58 bits per heavy atom. The molecule has 4 aliphatic carbocycles. The molecule has 4 saturated carbocycles. The molecule has 0 aromatic carbocycles. The Balaban J connectivity index is 0.858. The lowest BCUT2D eigenvalue weighted by molar-refractivity contribution is -0.393. The molecule has 33 atom stereocenters. The predicted octanol–water partition coefficient (Wildman–Crippen LogP) is -4.33. The molecule has 10 aliphatic rings. The molecule has 0 aromatic rings. The van der Waals surface area contributed by atoms with Gasteiger partial charge in [-0.3, -0.25) is 0 Å². The van der Waals surface area contributed by atoms with Gasteiger partial charge in [0.15, 0.2) is 30.9 Å². The molecule has 10 fully saturated rings. The average Bonchev–Trinajstić information content (AvgIpc) is 3.83. The monoisotopic (exact) mass is 1070 g/mol. The fourth-order valence-electron chi connectivity index (χ4n) is 16.0. The van der Waals surface area contributed by atoms with E-state index >= 15 is 0 Å². The molecule has 1 spiro atoms. The van der Waals surface area contributed by atoms with Crippen molar-refractivity contribution in [1.29, 1.82) is 0 Å². The lowest BCUT2D eigenvalue weighted by Crippen LogP contribution is -2.69. The van der Waals surface area contributed by atoms with Crippen LogP contribution in [0.15, 0.2) is 0 Å². The summed E-state index contributed by atoms with van der Waals surface area (Å²) in [7, 11) is 0. The minimum absolute atomic E-state index is 0.0245. The van der Waals surface area contributed by atoms with Gasteiger partial charge in [0.2, 0.25) is 0 Å². The van der Waals surface area contributed by atoms with E-state index in [0.29, 0.717) is 30.8 Å². The van der Waals surface area contributed by atoms with Crippen molar-refractivity contribution in [1.82, 2.24) is 0 Å². The summed E-state index contributed by atoms with van der Waals surface area (Å²) < 4.78 is 60.5. The van der Waals surface area contributed by atoms with Gasteiger partial charge in [-0.25, -0.2) is 0 Å². The topological polar surface area (TPSA) is 376 Å². The number of hydrogen-bond acceptors (Lipinski definition) is 24. The zero-order valence-electron chi connectivity index (χ0n) is 42.4. The summed E-state index contributed by atoms with van der Waals surface area (Å²) in [5.74, 6) is 0.903. The quantitative estimate of drug-likeness (QED) is 0.0930. The Labute approximate surface area is 429 Å². The summed E-state index contributed by atoms with van der Waals surface area (Å²) >= 11 is 0. The predicted molar refractivity (Wildman–Crippen MR) is 245 cm³/mol. The molecule has 74 heavy (non-hydrogen) atoms. The molecule has 10 rings (SSSR count). The summed E-state index contributed by atoms with van der Waals surface area (Å²) in [4.78, 5) is 0. The van der Waals surface area contributed by atoms with E-state index in [2.05, 4.69) is 27.7 Å². The van der Waals surface area contributed by atoms with E-state index < -0.39 is 173 Å². The van der Waals surface area contributed by atoms with Crippen molar-refractivity contribution in [2.24, 2.45) is 52.3 Å². The smallest absolute Gasteiger partial charge is 0.187 e. The molecule has 14 N–H and O–H groups in total. The van der Waals surface area contributed by atoms with Gasteiger partial charge in [0.1, 0.15) is 97.7 Å². The first-order valence-corrected chi connectivity index (χ1v) is 26.9. The molecule has 0 unspecified atom stereocenters. The number of aliphatic hydroxyl groups excluding tert-OH is 14. The van der Waals surface area contributed by atoms with E-state index in [1.54, 1.807) is 0 Å². The molecular formula is C50H82O24. The fourth-order valence-corrected chi connectivity index (χ4v) is 16.0. The lowest BCUT2D eigenvalue weighted by Gasteiger charge is -2.64. The Bertz CT molecular complexity index is 1900. The highest BCUT2D eigenvalue weighted by Crippen LogP contribution is 2.71. The molecule has 6 saturated heterocycles. The van der Waals surface area contributed by atoms with E-state index in [4.69, 9.17) is 47.4 Å². The highest BCUT2D eigenvalue weighted by molar-refractivity contribution is 5.17. The Hall–Kier alpha value is -0.960. The van der Waals surface area contributed by atoms with Crippen LogP contribution in [0.5, 0.6) is 0 Å². The second kappa shape index (κ2) is 21.5. The third kappa shape index (κ3) is 9.26. The Morgan fingerprint density at radius 1 is 0.514 bits per heavy atom. The first-order chi connectivity index (χ1) is 35.1. The van der Waals surface area contributed by atoms with Crippen LogP contribution in [0, 0.1) is 52.3 Å². The van der Waals surface area contributed by atoms with E-state index in [1.165, 1.54) is 0 Å². The lowest BCUT2D eigenvalue weighted by atomic mass is 9.43. The molecule has 0 amide bonds. The minimum Gasteiger partial charge on any atom is -0.394 e. The van der Waals surface area contributed by atoms with Gasteiger partial charge in [0.25, 0.3) is 0 Å². The molecular weight excluding hydrogens is 985 g/mol. The number of ether oxygens (including phenoxy) is 10. The standard InChI is InChI=1S/C50H82O24/c1-18-7-10-50(66-16-18)19(2)30-26(74-50)12-23-21-6-5-20-11-24(54)32(57)43(49(20,4)22(21)8-9-48(23,30)3)73-47-39(64)42(35(60)29(15-53)69-47)72-46-38(63)41(34(59)28(14-52)68-46)71-45-37(62)40(33(58)27(13-51)67-45)70-44-36(61)31(56)25(55)17-65-44/h18-47,51-64H,5-17H2,1-4H3/t18-,19+,20-,21-,22+,23+,24+,25-,26+,27-,28-,29-,30+,31+,32-,33-,34-,35-,36-,37-,38-,39-,40+,41+,42+,43-,44+,45+,46+,47+,48+,49+,50-/m1/s1. The first-order valence-electron chi connectivity index (χ1n) is 26.9. The maximum Gasteiger partial charge on any atom is 0.187 e. The van der Waals surface area contributed by atoms with Crippen LogP contribution in [0.3, 0.4) is 0 Å². The van der Waals surface area contributed by atoms with Crippen molar-refractivity contribution in [3.05, 3.63) is 0 Å². The van der Waals surface area contributed by atoms with Crippen molar-refractivity contribution in [2.75, 3.05) is 33.0 Å². The summed E-state index contributed by atoms with van der Waals surface area (Å²) in [5, 5.41) is 154. The molecule has 0 aromatic heterocycles. The zero-order chi connectivity index (χ0) is 53.1. The van der Waals surface area contributed by atoms with Crippen LogP contribution in [-0.4, -0.2) is 251 Å². The first kappa shape index (κ1) is 56.3. The van der Waals surface area contributed by atoms with Gasteiger partial charge in [-0.05, 0) is 85.9 Å². The van der Waals surface area contributed by atoms with Crippen molar-refractivity contribution in [2.45, 2.75) is 226 Å². The minimum atomic E-state index is -2.09. The van der Waals surface area contributed by atoms with E-state index in [-0.39, 0.29) is 35.2 Å². The van der Waals surface area contributed by atoms with Crippen molar-refractivity contribution in [3.63, 3.8) is 0 Å². The van der Waals surface area contributed by atoms with Crippen LogP contribution >= 0.6 is 0 Å². The Kier molecular flexibility index (Phi) is 16.4. The van der Waals surface area contributed by atoms with Crippen LogP contribution in [0.1, 0.15) is 79.1 Å². The molecule has 6 heterocycles. The van der Waals surface area contributed by atoms with Crippen molar-refractivity contribution in [3.8, 4) is 0 Å². The number of hydrogen-bond donors (Lipinski definition) is 14. The van der Waals surface area contributed by atoms with Gasteiger partial charge >= 0.3 is 0 Å². The summed E-state index contributed by atoms with van der Waals surface area (Å²) in [6.07, 6.45) is -31.2. The normalized spacial score (nSPS) is 58.6. The largest absolute Gasteiger partial charge is 0.394 e. The summed E-state index contributed by atoms with van der Waals surface area (Å²) in [6.45, 7) is 6.58. The third-order valence-electron chi connectivity index (χ3n) is 20.1. The summed E-state index contributed by atoms with van der Waals surface area (Å²) in [5.41, 5.74) is -0.783. The SMILES string of the molecule is C[C@@H]1CC[C@@]2(OC1)O[C@H]1C[C@H]3[C@@H]4CC[C@@H]5C[C@H](O)[C@@H](O)[C@@H](O[C@@H]6O[C@H](CO)[C@@H](O)[C@H](O[C@@H]7O[C@H](CO)[C@@H](O)[C@H](O[C@@H]8O[C@H](CO)[C@@H](O)[C@H](O[C@@H]9OC[C@@H](O)[C@H](O)[C@H]9O)[C@H]8O)[C@H]7O)[C@H]6O)[C@]5(C)[C@H]4CC[C@]3(C)[C@H]1[C@@H]2C. The van der Waals surface area contributed by atoms with Crippen LogP contribution in [-0.2, 0) is 47.4 Å². The second-order valence-corrected chi connectivity index (χ2v) is 24.1. The molecule has 6 aliphatic heterocycles. The van der Waals surface area contributed by atoms with E-state index in [9.17, 15) is 71.5 Å². The van der Waals surface area contributed by atoms with Gasteiger partial charge in [-0.2, -0.15) is 0 Å². The van der Waals surface area contributed by atoms with Gasteiger partial charge in [0.05, 0.1) is 51.3 Å². The fraction of sp³-hybridized carbons (Fsp3) is 1.00. The Morgan fingerprint density at radius 2 is 1.05 bits per heavy atom. The second-order valence-electron chi connectivity index (χ2n) is 24.1. The van der Waals surface area contributed by atoms with Crippen molar-refractivity contribution >= 4 is 0 Å². The maximum absolute atomic E-state index is 12.1. The highest BCUT2D eigenvalue weighted by atomic mass is 16.8. The maximum atomic E-state index is 12.1. The molecule has 0 radical (unpaired) electrons. The van der Waals surface area contributed by atoms with Gasteiger partial charge in [0, 0.05) is 17.8 Å². The van der Waals surface area contributed by atoms with Crippen LogP contribution in [0.4, 0.5) is 0 Å². The number of aliphatic hydroxyl groups is 14. The van der Waals surface area contributed by atoms with E-state index in [0.717, 1.165) is 44.9 Å². The van der Waals surface area contributed by atoms with Crippen molar-refractivity contribution < 1.29 is 119 Å². The number of fused-ring (bicyclic) bond motifs is 7.